The molecule has 0 aliphatic rings. The second-order valence-electron chi connectivity index (χ2n) is 5.88. The Morgan fingerprint density at radius 2 is 2.11 bits per heavy atom. The summed E-state index contributed by atoms with van der Waals surface area (Å²) in [6, 6.07) is 2.62. The zero-order valence-electron chi connectivity index (χ0n) is 13.2. The normalized spacial score (nSPS) is 13.4. The molecule has 4 heteroatoms. The van der Waals surface area contributed by atoms with Gasteiger partial charge in [-0.25, -0.2) is 0 Å². The van der Waals surface area contributed by atoms with Crippen molar-refractivity contribution in [1.29, 1.82) is 0 Å². The van der Waals surface area contributed by atoms with Gasteiger partial charge in [-0.2, -0.15) is 5.10 Å². The standard InChI is InChI=1S/C15H30N4/c1-6-14(4)19-9-7-15(17-19)12-18(5)10-8-16-11-13(2)3/h7,9,13-14,16H,6,8,10-12H2,1-5H3. The van der Waals surface area contributed by atoms with Gasteiger partial charge in [0.25, 0.3) is 0 Å². The first kappa shape index (κ1) is 16.2. The highest BCUT2D eigenvalue weighted by molar-refractivity contribution is 4.99. The van der Waals surface area contributed by atoms with Gasteiger partial charge in [-0.05, 0) is 38.9 Å². The summed E-state index contributed by atoms with van der Waals surface area (Å²) in [5.74, 6) is 0.719. The van der Waals surface area contributed by atoms with Crippen molar-refractivity contribution in [1.82, 2.24) is 20.0 Å². The zero-order chi connectivity index (χ0) is 14.3. The molecule has 0 fully saturated rings. The third kappa shape index (κ3) is 6.21. The van der Waals surface area contributed by atoms with Crippen LogP contribution < -0.4 is 5.32 Å². The van der Waals surface area contributed by atoms with Crippen LogP contribution in [0.5, 0.6) is 0 Å². The molecule has 0 aliphatic carbocycles. The summed E-state index contributed by atoms with van der Waals surface area (Å²) >= 11 is 0. The first-order valence-corrected chi connectivity index (χ1v) is 7.46. The van der Waals surface area contributed by atoms with Crippen LogP contribution in [0.25, 0.3) is 0 Å². The summed E-state index contributed by atoms with van der Waals surface area (Å²) in [4.78, 5) is 2.32. The van der Waals surface area contributed by atoms with Gasteiger partial charge in [0, 0.05) is 31.9 Å². The predicted molar refractivity (Wildman–Crippen MR) is 81.3 cm³/mol. The highest BCUT2D eigenvalue weighted by Crippen LogP contribution is 2.09. The Morgan fingerprint density at radius 3 is 2.74 bits per heavy atom. The van der Waals surface area contributed by atoms with E-state index in [1.54, 1.807) is 0 Å². The molecule has 1 aromatic heterocycles. The minimum Gasteiger partial charge on any atom is -0.315 e. The number of hydrogen-bond donors (Lipinski definition) is 1. The largest absolute Gasteiger partial charge is 0.315 e. The Balaban J connectivity index is 2.28. The van der Waals surface area contributed by atoms with Crippen molar-refractivity contribution < 1.29 is 0 Å². The van der Waals surface area contributed by atoms with Crippen molar-refractivity contribution in [2.45, 2.75) is 46.7 Å². The second-order valence-corrected chi connectivity index (χ2v) is 5.88. The monoisotopic (exact) mass is 266 g/mol. The summed E-state index contributed by atoms with van der Waals surface area (Å²) in [7, 11) is 2.15. The van der Waals surface area contributed by atoms with E-state index in [1.807, 2.05) is 0 Å². The maximum atomic E-state index is 4.63. The average molecular weight is 266 g/mol. The van der Waals surface area contributed by atoms with E-state index in [1.165, 1.54) is 0 Å². The Bertz CT molecular complexity index is 346. The van der Waals surface area contributed by atoms with Crippen molar-refractivity contribution >= 4 is 0 Å². The minimum atomic E-state index is 0.492. The fourth-order valence-electron chi connectivity index (χ4n) is 1.91. The lowest BCUT2D eigenvalue weighted by atomic mass is 10.2. The van der Waals surface area contributed by atoms with Crippen LogP contribution in [0.3, 0.4) is 0 Å². The van der Waals surface area contributed by atoms with Crippen molar-refractivity contribution in [3.8, 4) is 0 Å². The van der Waals surface area contributed by atoms with Crippen LogP contribution in [-0.4, -0.2) is 41.4 Å². The van der Waals surface area contributed by atoms with Crippen LogP contribution in [0, 0.1) is 5.92 Å². The number of aromatic nitrogens is 2. The lowest BCUT2D eigenvalue weighted by Gasteiger charge is -2.16. The summed E-state index contributed by atoms with van der Waals surface area (Å²) < 4.78 is 2.07. The average Bonchev–Trinajstić information content (AvgIpc) is 2.82. The fourth-order valence-corrected chi connectivity index (χ4v) is 1.91. The molecule has 1 heterocycles. The highest BCUT2D eigenvalue weighted by atomic mass is 15.3. The number of nitrogens with one attached hydrogen (secondary N) is 1. The van der Waals surface area contributed by atoms with Gasteiger partial charge in [-0.1, -0.05) is 20.8 Å². The van der Waals surface area contributed by atoms with E-state index in [-0.39, 0.29) is 0 Å². The summed E-state index contributed by atoms with van der Waals surface area (Å²) in [6.07, 6.45) is 3.21. The van der Waals surface area contributed by atoms with E-state index in [4.69, 9.17) is 0 Å². The Kier molecular flexibility index (Phi) is 7.10. The molecule has 1 aromatic rings. The summed E-state index contributed by atoms with van der Waals surface area (Å²) in [6.45, 7) is 13.0. The molecule has 0 spiro atoms. The van der Waals surface area contributed by atoms with Gasteiger partial charge in [-0.15, -0.1) is 0 Å². The van der Waals surface area contributed by atoms with Crippen LogP contribution >= 0.6 is 0 Å². The topological polar surface area (TPSA) is 33.1 Å². The van der Waals surface area contributed by atoms with E-state index in [0.717, 1.165) is 44.2 Å². The number of rotatable bonds is 9. The molecule has 1 atom stereocenters. The SMILES string of the molecule is CCC(C)n1ccc(CN(C)CCNCC(C)C)n1. The fraction of sp³-hybridized carbons (Fsp3) is 0.800. The Hall–Kier alpha value is -0.870. The van der Waals surface area contributed by atoms with Gasteiger partial charge in [0.2, 0.25) is 0 Å². The molecule has 19 heavy (non-hydrogen) atoms. The third-order valence-corrected chi connectivity index (χ3v) is 3.36. The number of nitrogens with zero attached hydrogens (tertiary/aromatic N) is 3. The smallest absolute Gasteiger partial charge is 0.0764 e. The molecule has 0 aliphatic heterocycles. The zero-order valence-corrected chi connectivity index (χ0v) is 13.2. The lowest BCUT2D eigenvalue weighted by molar-refractivity contribution is 0.315. The summed E-state index contributed by atoms with van der Waals surface area (Å²) in [5, 5.41) is 8.10. The van der Waals surface area contributed by atoms with Gasteiger partial charge in [0.15, 0.2) is 0 Å². The molecule has 0 amide bonds. The van der Waals surface area contributed by atoms with Crippen molar-refractivity contribution in [3.63, 3.8) is 0 Å². The van der Waals surface area contributed by atoms with E-state index >= 15 is 0 Å². The number of likely N-dealkylation sites (N-methyl/N-ethyl adjacent to an activating group) is 1. The quantitative estimate of drug-likeness (QED) is 0.697. The van der Waals surface area contributed by atoms with Gasteiger partial charge >= 0.3 is 0 Å². The molecule has 110 valence electrons. The molecule has 4 nitrogen and oxygen atoms in total. The molecule has 1 N–H and O–H groups in total. The number of hydrogen-bond acceptors (Lipinski definition) is 3. The predicted octanol–water partition coefficient (Wildman–Crippen LogP) is 2.53. The van der Waals surface area contributed by atoms with Gasteiger partial charge in [-0.3, -0.25) is 9.58 Å². The van der Waals surface area contributed by atoms with Crippen LogP contribution in [0.2, 0.25) is 0 Å². The van der Waals surface area contributed by atoms with Crippen LogP contribution in [0.15, 0.2) is 12.3 Å². The molecule has 0 saturated carbocycles. The summed E-state index contributed by atoms with van der Waals surface area (Å²) in [5.41, 5.74) is 1.16. The third-order valence-electron chi connectivity index (χ3n) is 3.36. The van der Waals surface area contributed by atoms with Crippen molar-refractivity contribution in [3.05, 3.63) is 18.0 Å². The van der Waals surface area contributed by atoms with Crippen LogP contribution in [-0.2, 0) is 6.54 Å². The molecule has 1 rings (SSSR count). The van der Waals surface area contributed by atoms with E-state index < -0.39 is 0 Å². The highest BCUT2D eigenvalue weighted by Gasteiger charge is 2.06. The first-order valence-electron chi connectivity index (χ1n) is 7.46. The van der Waals surface area contributed by atoms with Gasteiger partial charge in [0.05, 0.1) is 5.69 Å². The maximum Gasteiger partial charge on any atom is 0.0764 e. The van der Waals surface area contributed by atoms with E-state index in [2.05, 4.69) is 67.0 Å². The minimum absolute atomic E-state index is 0.492. The molecular weight excluding hydrogens is 236 g/mol. The first-order chi connectivity index (χ1) is 9.02. The maximum absolute atomic E-state index is 4.63. The van der Waals surface area contributed by atoms with E-state index in [0.29, 0.717) is 6.04 Å². The van der Waals surface area contributed by atoms with E-state index in [9.17, 15) is 0 Å². The Morgan fingerprint density at radius 1 is 1.37 bits per heavy atom. The van der Waals surface area contributed by atoms with Crippen molar-refractivity contribution in [2.75, 3.05) is 26.7 Å². The molecule has 0 bridgehead atoms. The van der Waals surface area contributed by atoms with Crippen LogP contribution in [0.4, 0.5) is 0 Å². The molecule has 0 saturated heterocycles. The molecular formula is C15H30N4. The molecule has 1 unspecified atom stereocenters. The second kappa shape index (κ2) is 8.33. The Labute approximate surface area is 118 Å². The van der Waals surface area contributed by atoms with Crippen LogP contribution in [0.1, 0.15) is 45.9 Å². The van der Waals surface area contributed by atoms with Gasteiger partial charge in [0.1, 0.15) is 0 Å². The molecule has 0 radical (unpaired) electrons. The molecule has 0 aromatic carbocycles. The lowest BCUT2D eigenvalue weighted by Crippen LogP contribution is -2.31. The van der Waals surface area contributed by atoms with Gasteiger partial charge < -0.3 is 5.32 Å². The van der Waals surface area contributed by atoms with Crippen molar-refractivity contribution in [2.24, 2.45) is 5.92 Å².